The minimum Gasteiger partial charge on any atom is -0.389 e. The molecule has 0 aromatic heterocycles. The van der Waals surface area contributed by atoms with Gasteiger partial charge in [-0.1, -0.05) is 11.6 Å². The third-order valence-electron chi connectivity index (χ3n) is 2.13. The van der Waals surface area contributed by atoms with Crippen LogP contribution in [0.4, 0.5) is 0 Å². The second kappa shape index (κ2) is 5.38. The molecule has 5 heteroatoms. The van der Waals surface area contributed by atoms with Crippen molar-refractivity contribution in [2.75, 3.05) is 13.6 Å². The Labute approximate surface area is 115 Å². The highest BCUT2D eigenvalue weighted by molar-refractivity contribution is 9.10. The molecule has 1 aromatic rings. The van der Waals surface area contributed by atoms with Crippen molar-refractivity contribution in [2.45, 2.75) is 19.4 Å². The highest BCUT2D eigenvalue weighted by Gasteiger charge is 2.21. The van der Waals surface area contributed by atoms with Crippen LogP contribution in [-0.2, 0) is 0 Å². The maximum Gasteiger partial charge on any atom is 0.254 e. The summed E-state index contributed by atoms with van der Waals surface area (Å²) in [6, 6.07) is 5.04. The number of carbonyl (C=O) groups is 1. The quantitative estimate of drug-likeness (QED) is 0.930. The molecule has 0 aliphatic heterocycles. The molecule has 0 atom stereocenters. The molecule has 0 radical (unpaired) electrons. The average Bonchev–Trinajstić information content (AvgIpc) is 2.18. The standard InChI is InChI=1S/C12H15BrClNO2/c1-12(2,17)7-15(3)11(16)9-6-8(14)4-5-10(9)13/h4-6,17H,7H2,1-3H3. The number of amides is 1. The molecule has 0 saturated carbocycles. The molecule has 1 rings (SSSR count). The van der Waals surface area contributed by atoms with E-state index in [2.05, 4.69) is 15.9 Å². The molecule has 0 fully saturated rings. The highest BCUT2D eigenvalue weighted by atomic mass is 79.9. The van der Waals surface area contributed by atoms with E-state index in [-0.39, 0.29) is 12.5 Å². The van der Waals surface area contributed by atoms with Gasteiger partial charge in [-0.2, -0.15) is 0 Å². The molecule has 0 heterocycles. The van der Waals surface area contributed by atoms with Crippen molar-refractivity contribution in [3.8, 4) is 0 Å². The van der Waals surface area contributed by atoms with Gasteiger partial charge in [-0.05, 0) is 48.0 Å². The Morgan fingerprint density at radius 3 is 2.65 bits per heavy atom. The first-order valence-corrected chi connectivity index (χ1v) is 6.31. The van der Waals surface area contributed by atoms with Crippen molar-refractivity contribution in [3.05, 3.63) is 33.3 Å². The van der Waals surface area contributed by atoms with Crippen molar-refractivity contribution in [2.24, 2.45) is 0 Å². The highest BCUT2D eigenvalue weighted by Crippen LogP contribution is 2.22. The molecule has 94 valence electrons. The van der Waals surface area contributed by atoms with Crippen LogP contribution in [0.1, 0.15) is 24.2 Å². The molecule has 0 bridgehead atoms. The molecule has 3 nitrogen and oxygen atoms in total. The Morgan fingerprint density at radius 2 is 2.12 bits per heavy atom. The van der Waals surface area contributed by atoms with Gasteiger partial charge in [0.1, 0.15) is 0 Å². The minimum absolute atomic E-state index is 0.179. The summed E-state index contributed by atoms with van der Waals surface area (Å²) in [7, 11) is 1.65. The third kappa shape index (κ3) is 4.30. The van der Waals surface area contributed by atoms with Crippen LogP contribution < -0.4 is 0 Å². The number of likely N-dealkylation sites (N-methyl/N-ethyl adjacent to an activating group) is 1. The van der Waals surface area contributed by atoms with E-state index in [0.29, 0.717) is 15.1 Å². The van der Waals surface area contributed by atoms with E-state index in [9.17, 15) is 9.90 Å². The summed E-state index contributed by atoms with van der Waals surface area (Å²) < 4.78 is 0.689. The molecular weight excluding hydrogens is 305 g/mol. The monoisotopic (exact) mass is 319 g/mol. The van der Waals surface area contributed by atoms with Gasteiger partial charge in [-0.25, -0.2) is 0 Å². The zero-order chi connectivity index (χ0) is 13.2. The number of hydrogen-bond acceptors (Lipinski definition) is 2. The van der Waals surface area contributed by atoms with Crippen LogP contribution in [0, 0.1) is 0 Å². The molecule has 1 amide bonds. The zero-order valence-corrected chi connectivity index (χ0v) is 12.3. The molecule has 1 aromatic carbocycles. The van der Waals surface area contributed by atoms with Crippen LogP contribution in [0.25, 0.3) is 0 Å². The minimum atomic E-state index is -0.921. The van der Waals surface area contributed by atoms with E-state index < -0.39 is 5.60 Å². The second-order valence-electron chi connectivity index (χ2n) is 4.60. The molecule has 1 N–H and O–H groups in total. The van der Waals surface area contributed by atoms with E-state index in [1.165, 1.54) is 4.90 Å². The van der Waals surface area contributed by atoms with Gasteiger partial charge < -0.3 is 10.0 Å². The molecule has 0 unspecified atom stereocenters. The number of halogens is 2. The SMILES string of the molecule is CN(CC(C)(C)O)C(=O)c1cc(Cl)ccc1Br. The lowest BCUT2D eigenvalue weighted by atomic mass is 10.1. The van der Waals surface area contributed by atoms with E-state index in [1.807, 2.05) is 0 Å². The lowest BCUT2D eigenvalue weighted by Gasteiger charge is -2.26. The number of benzene rings is 1. The van der Waals surface area contributed by atoms with Crippen molar-refractivity contribution in [1.29, 1.82) is 0 Å². The topological polar surface area (TPSA) is 40.5 Å². The van der Waals surface area contributed by atoms with Gasteiger partial charge in [0.05, 0.1) is 11.2 Å². The molecular formula is C12H15BrClNO2. The zero-order valence-electron chi connectivity index (χ0n) is 10.00. The first-order chi connectivity index (χ1) is 7.70. The van der Waals surface area contributed by atoms with E-state index in [0.717, 1.165) is 0 Å². The number of hydrogen-bond donors (Lipinski definition) is 1. The van der Waals surface area contributed by atoms with Gasteiger partial charge in [-0.3, -0.25) is 4.79 Å². The number of rotatable bonds is 3. The summed E-state index contributed by atoms with van der Waals surface area (Å²) in [6.07, 6.45) is 0. The molecule has 0 aliphatic rings. The van der Waals surface area contributed by atoms with Crippen molar-refractivity contribution in [3.63, 3.8) is 0 Å². The maximum absolute atomic E-state index is 12.1. The lowest BCUT2D eigenvalue weighted by Crippen LogP contribution is -2.39. The maximum atomic E-state index is 12.1. The number of aliphatic hydroxyl groups is 1. The molecule has 0 spiro atoms. The Hall–Kier alpha value is -0.580. The van der Waals surface area contributed by atoms with Crippen LogP contribution in [-0.4, -0.2) is 35.1 Å². The average molecular weight is 321 g/mol. The van der Waals surface area contributed by atoms with E-state index >= 15 is 0 Å². The van der Waals surface area contributed by atoms with Crippen LogP contribution in [0.2, 0.25) is 5.02 Å². The van der Waals surface area contributed by atoms with Gasteiger partial charge in [0, 0.05) is 23.1 Å². The Balaban J connectivity index is 2.93. The largest absolute Gasteiger partial charge is 0.389 e. The molecule has 0 saturated heterocycles. The van der Waals surface area contributed by atoms with Gasteiger partial charge in [-0.15, -0.1) is 0 Å². The van der Waals surface area contributed by atoms with Gasteiger partial charge >= 0.3 is 0 Å². The Morgan fingerprint density at radius 1 is 1.53 bits per heavy atom. The van der Waals surface area contributed by atoms with Gasteiger partial charge in [0.15, 0.2) is 0 Å². The third-order valence-corrected chi connectivity index (χ3v) is 3.06. The first kappa shape index (κ1) is 14.5. The Kier molecular flexibility index (Phi) is 4.58. The lowest BCUT2D eigenvalue weighted by molar-refractivity contribution is 0.0367. The van der Waals surface area contributed by atoms with Gasteiger partial charge in [0.2, 0.25) is 0 Å². The predicted molar refractivity (Wildman–Crippen MR) is 72.4 cm³/mol. The van der Waals surface area contributed by atoms with E-state index in [4.69, 9.17) is 11.6 Å². The smallest absolute Gasteiger partial charge is 0.254 e. The van der Waals surface area contributed by atoms with Gasteiger partial charge in [0.25, 0.3) is 5.91 Å². The summed E-state index contributed by atoms with van der Waals surface area (Å²) in [5, 5.41) is 10.2. The van der Waals surface area contributed by atoms with Crippen LogP contribution in [0.5, 0.6) is 0 Å². The fraction of sp³-hybridized carbons (Fsp3) is 0.417. The molecule has 0 aliphatic carbocycles. The summed E-state index contributed by atoms with van der Waals surface area (Å²) in [5.41, 5.74) is -0.431. The second-order valence-corrected chi connectivity index (χ2v) is 5.89. The van der Waals surface area contributed by atoms with Crippen LogP contribution >= 0.6 is 27.5 Å². The van der Waals surface area contributed by atoms with Crippen molar-refractivity contribution >= 4 is 33.4 Å². The van der Waals surface area contributed by atoms with Crippen LogP contribution in [0.3, 0.4) is 0 Å². The summed E-state index contributed by atoms with van der Waals surface area (Å²) in [4.78, 5) is 13.6. The first-order valence-electron chi connectivity index (χ1n) is 5.13. The van der Waals surface area contributed by atoms with Crippen molar-refractivity contribution < 1.29 is 9.90 Å². The molecule has 17 heavy (non-hydrogen) atoms. The number of carbonyl (C=O) groups excluding carboxylic acids is 1. The Bertz CT molecular complexity index is 429. The van der Waals surface area contributed by atoms with E-state index in [1.54, 1.807) is 39.1 Å². The number of nitrogens with zero attached hydrogens (tertiary/aromatic N) is 1. The fourth-order valence-corrected chi connectivity index (χ4v) is 2.11. The summed E-state index contributed by atoms with van der Waals surface area (Å²) in [5.74, 6) is -0.179. The van der Waals surface area contributed by atoms with Crippen molar-refractivity contribution in [1.82, 2.24) is 4.90 Å². The fourth-order valence-electron chi connectivity index (χ4n) is 1.52. The van der Waals surface area contributed by atoms with Crippen LogP contribution in [0.15, 0.2) is 22.7 Å². The normalized spacial score (nSPS) is 11.4. The summed E-state index contributed by atoms with van der Waals surface area (Å²) >= 11 is 9.17. The summed E-state index contributed by atoms with van der Waals surface area (Å²) in [6.45, 7) is 3.57. The predicted octanol–water partition coefficient (Wildman–Crippen LogP) is 2.95.